The summed E-state index contributed by atoms with van der Waals surface area (Å²) in [5, 5.41) is 4.21. The topological polar surface area (TPSA) is 115 Å². The number of nitrogens with two attached hydrogens (primary N) is 1. The molecule has 3 aromatic rings. The van der Waals surface area contributed by atoms with Crippen LogP contribution in [0.1, 0.15) is 0 Å². The Hall–Kier alpha value is -2.02. The van der Waals surface area contributed by atoms with Gasteiger partial charge in [-0.05, 0) is 29.6 Å². The first-order chi connectivity index (χ1) is 13.3. The van der Waals surface area contributed by atoms with Crippen LogP contribution in [0.3, 0.4) is 0 Å². The molecule has 0 bridgehead atoms. The van der Waals surface area contributed by atoms with Crippen molar-refractivity contribution in [3.63, 3.8) is 0 Å². The van der Waals surface area contributed by atoms with Crippen molar-refractivity contribution in [2.45, 2.75) is 14.3 Å². The zero-order valence-electron chi connectivity index (χ0n) is 13.9. The van der Waals surface area contributed by atoms with Gasteiger partial charge < -0.3 is 11.1 Å². The van der Waals surface area contributed by atoms with Crippen molar-refractivity contribution in [2.75, 3.05) is 16.8 Å². The number of anilines is 2. The van der Waals surface area contributed by atoms with E-state index in [1.165, 1.54) is 18.2 Å². The number of sulfone groups is 1. The van der Waals surface area contributed by atoms with Crippen molar-refractivity contribution in [3.8, 4) is 0 Å². The standard InChI is InChI=1S/C16H12BrFN4O3S3/c17-9-3-4-11(10(18)6-9)21-13(23)8-27-16-20-7-12(15(19)22-16)28(24,25)14-2-1-5-26-14/h1-7H,8H2,(H,21,23)(H2,19,20,22). The van der Waals surface area contributed by atoms with E-state index in [1.54, 1.807) is 17.5 Å². The largest absolute Gasteiger partial charge is 0.382 e. The van der Waals surface area contributed by atoms with Gasteiger partial charge in [0.15, 0.2) is 5.16 Å². The number of thiophene rings is 1. The number of thioether (sulfide) groups is 1. The Morgan fingerprint density at radius 3 is 2.79 bits per heavy atom. The van der Waals surface area contributed by atoms with Gasteiger partial charge in [0.2, 0.25) is 15.7 Å². The van der Waals surface area contributed by atoms with E-state index in [2.05, 4.69) is 31.2 Å². The lowest BCUT2D eigenvalue weighted by Crippen LogP contribution is -2.15. The lowest BCUT2D eigenvalue weighted by atomic mass is 10.3. The molecule has 0 fully saturated rings. The second kappa shape index (κ2) is 8.55. The number of hydrogen-bond acceptors (Lipinski definition) is 8. The maximum absolute atomic E-state index is 13.8. The van der Waals surface area contributed by atoms with Gasteiger partial charge in [0.25, 0.3) is 0 Å². The van der Waals surface area contributed by atoms with Crippen LogP contribution in [0, 0.1) is 5.82 Å². The Labute approximate surface area is 176 Å². The molecule has 0 unspecified atom stereocenters. The highest BCUT2D eigenvalue weighted by Gasteiger charge is 2.23. The molecule has 1 amide bonds. The van der Waals surface area contributed by atoms with E-state index in [0.29, 0.717) is 4.47 Å². The fourth-order valence-corrected chi connectivity index (χ4v) is 5.41. The maximum atomic E-state index is 13.8. The molecule has 1 aromatic carbocycles. The molecule has 146 valence electrons. The Morgan fingerprint density at radius 2 is 2.14 bits per heavy atom. The fourth-order valence-electron chi connectivity index (χ4n) is 2.08. The summed E-state index contributed by atoms with van der Waals surface area (Å²) < 4.78 is 39.4. The summed E-state index contributed by atoms with van der Waals surface area (Å²) in [7, 11) is -3.79. The number of halogens is 2. The van der Waals surface area contributed by atoms with Gasteiger partial charge in [-0.25, -0.2) is 22.8 Å². The van der Waals surface area contributed by atoms with Crippen LogP contribution in [-0.2, 0) is 14.6 Å². The third-order valence-electron chi connectivity index (χ3n) is 3.35. The molecule has 0 radical (unpaired) electrons. The normalized spacial score (nSPS) is 11.4. The van der Waals surface area contributed by atoms with Crippen LogP contribution in [-0.4, -0.2) is 30.0 Å². The molecule has 2 aromatic heterocycles. The zero-order chi connectivity index (χ0) is 20.3. The van der Waals surface area contributed by atoms with Crippen LogP contribution in [0.15, 0.2) is 60.6 Å². The molecule has 0 aliphatic rings. The van der Waals surface area contributed by atoms with Crippen molar-refractivity contribution < 1.29 is 17.6 Å². The van der Waals surface area contributed by atoms with Gasteiger partial charge in [-0.15, -0.1) is 11.3 Å². The minimum atomic E-state index is -3.79. The number of nitrogens with one attached hydrogen (secondary N) is 1. The van der Waals surface area contributed by atoms with Crippen LogP contribution in [0.5, 0.6) is 0 Å². The molecule has 0 atom stereocenters. The Kier molecular flexibility index (Phi) is 6.33. The summed E-state index contributed by atoms with van der Waals surface area (Å²) in [6, 6.07) is 7.35. The van der Waals surface area contributed by atoms with Crippen molar-refractivity contribution in [2.24, 2.45) is 0 Å². The summed E-state index contributed by atoms with van der Waals surface area (Å²) in [4.78, 5) is 19.7. The number of carbonyl (C=O) groups excluding carboxylic acids is 1. The second-order valence-electron chi connectivity index (χ2n) is 5.30. The van der Waals surface area contributed by atoms with Gasteiger partial charge in [0, 0.05) is 4.47 Å². The number of nitrogen functional groups attached to an aromatic ring is 1. The lowest BCUT2D eigenvalue weighted by molar-refractivity contribution is -0.113. The molecular formula is C16H12BrFN4O3S3. The average molecular weight is 503 g/mol. The highest BCUT2D eigenvalue weighted by Crippen LogP contribution is 2.28. The monoisotopic (exact) mass is 502 g/mol. The summed E-state index contributed by atoms with van der Waals surface area (Å²) in [5.74, 6) is -1.35. The van der Waals surface area contributed by atoms with E-state index >= 15 is 0 Å². The SMILES string of the molecule is Nc1nc(SCC(=O)Nc2ccc(Br)cc2F)ncc1S(=O)(=O)c1cccs1. The molecule has 0 saturated carbocycles. The number of hydrogen-bond donors (Lipinski definition) is 2. The van der Waals surface area contributed by atoms with Crippen molar-refractivity contribution in [3.05, 3.63) is 52.2 Å². The number of amides is 1. The summed E-state index contributed by atoms with van der Waals surface area (Å²) in [6.45, 7) is 0. The van der Waals surface area contributed by atoms with E-state index in [4.69, 9.17) is 5.73 Å². The number of aromatic nitrogens is 2. The van der Waals surface area contributed by atoms with E-state index in [1.807, 2.05) is 0 Å². The third kappa shape index (κ3) is 4.69. The molecule has 0 aliphatic heterocycles. The highest BCUT2D eigenvalue weighted by molar-refractivity contribution is 9.10. The molecule has 2 heterocycles. The molecule has 3 rings (SSSR count). The van der Waals surface area contributed by atoms with Gasteiger partial charge in [-0.3, -0.25) is 4.79 Å². The number of carbonyl (C=O) groups is 1. The fraction of sp³-hybridized carbons (Fsp3) is 0.0625. The first-order valence-corrected chi connectivity index (χ1v) is 11.7. The minimum absolute atomic E-state index is 0.0478. The highest BCUT2D eigenvalue weighted by atomic mass is 79.9. The van der Waals surface area contributed by atoms with Crippen LogP contribution >= 0.6 is 39.0 Å². The van der Waals surface area contributed by atoms with Gasteiger partial charge in [0.1, 0.15) is 20.7 Å². The van der Waals surface area contributed by atoms with E-state index < -0.39 is 21.6 Å². The summed E-state index contributed by atoms with van der Waals surface area (Å²) >= 11 is 5.15. The van der Waals surface area contributed by atoms with Crippen LogP contribution in [0.25, 0.3) is 0 Å². The molecular weight excluding hydrogens is 491 g/mol. The predicted octanol–water partition coefficient (Wildman–Crippen LogP) is 3.59. The maximum Gasteiger partial charge on any atom is 0.234 e. The molecule has 0 aliphatic carbocycles. The minimum Gasteiger partial charge on any atom is -0.382 e. The first-order valence-electron chi connectivity index (χ1n) is 7.56. The molecule has 0 saturated heterocycles. The van der Waals surface area contributed by atoms with Gasteiger partial charge >= 0.3 is 0 Å². The Balaban J connectivity index is 1.67. The third-order valence-corrected chi connectivity index (χ3v) is 7.87. The van der Waals surface area contributed by atoms with Gasteiger partial charge in [-0.2, -0.15) is 0 Å². The van der Waals surface area contributed by atoms with E-state index in [9.17, 15) is 17.6 Å². The number of rotatable bonds is 6. The smallest absolute Gasteiger partial charge is 0.234 e. The van der Waals surface area contributed by atoms with Crippen LogP contribution in [0.4, 0.5) is 15.9 Å². The van der Waals surface area contributed by atoms with Crippen molar-refractivity contribution in [1.82, 2.24) is 9.97 Å². The second-order valence-corrected chi connectivity index (χ2v) is 10.2. The van der Waals surface area contributed by atoms with Crippen molar-refractivity contribution >= 4 is 66.3 Å². The molecule has 12 heteroatoms. The van der Waals surface area contributed by atoms with Crippen LogP contribution < -0.4 is 11.1 Å². The zero-order valence-corrected chi connectivity index (χ0v) is 18.0. The van der Waals surface area contributed by atoms with E-state index in [0.717, 1.165) is 29.3 Å². The summed E-state index contributed by atoms with van der Waals surface area (Å²) in [6.07, 6.45) is 1.12. The predicted molar refractivity (Wildman–Crippen MR) is 110 cm³/mol. The molecule has 3 N–H and O–H groups in total. The lowest BCUT2D eigenvalue weighted by Gasteiger charge is -2.08. The number of benzene rings is 1. The van der Waals surface area contributed by atoms with Crippen molar-refractivity contribution in [1.29, 1.82) is 0 Å². The Morgan fingerprint density at radius 1 is 1.36 bits per heavy atom. The quantitative estimate of drug-likeness (QED) is 0.390. The van der Waals surface area contributed by atoms with Gasteiger partial charge in [0.05, 0.1) is 17.6 Å². The van der Waals surface area contributed by atoms with E-state index in [-0.39, 0.29) is 31.5 Å². The molecule has 0 spiro atoms. The summed E-state index contributed by atoms with van der Waals surface area (Å²) in [5.41, 5.74) is 5.83. The average Bonchev–Trinajstić information content (AvgIpc) is 3.18. The molecule has 7 nitrogen and oxygen atoms in total. The first kappa shape index (κ1) is 20.7. The van der Waals surface area contributed by atoms with Gasteiger partial charge in [-0.1, -0.05) is 33.8 Å². The Bertz CT molecular complexity index is 1120. The molecule has 28 heavy (non-hydrogen) atoms. The van der Waals surface area contributed by atoms with Crippen LogP contribution in [0.2, 0.25) is 0 Å². The number of nitrogens with zero attached hydrogens (tertiary/aromatic N) is 2.